The maximum atomic E-state index is 14.1. The van der Waals surface area contributed by atoms with Gasteiger partial charge in [-0.25, -0.2) is 4.39 Å². The maximum Gasteiger partial charge on any atom is 0.138 e. The van der Waals surface area contributed by atoms with Crippen LogP contribution in [0.3, 0.4) is 0 Å². The van der Waals surface area contributed by atoms with Crippen LogP contribution >= 0.6 is 20.8 Å². The molecule has 0 amide bonds. The van der Waals surface area contributed by atoms with E-state index in [9.17, 15) is 4.39 Å². The van der Waals surface area contributed by atoms with Crippen LogP contribution in [-0.4, -0.2) is 36.5 Å². The SMILES string of the molecule is Cc1cc(OCc2cccc(-c3cccc(/C=C/CCN4CCC(F)(P)C4)c3C)c2C)c(Cl)cc1CNCC=C1CCC1. The minimum atomic E-state index is -1.12. The highest BCUT2D eigenvalue weighted by Gasteiger charge is 2.32. The van der Waals surface area contributed by atoms with Gasteiger partial charge in [0.25, 0.3) is 0 Å². The van der Waals surface area contributed by atoms with E-state index in [0.717, 1.165) is 43.9 Å². The van der Waals surface area contributed by atoms with Crippen LogP contribution in [0.1, 0.15) is 65.5 Å². The zero-order chi connectivity index (χ0) is 30.4. The van der Waals surface area contributed by atoms with Gasteiger partial charge in [0.2, 0.25) is 0 Å². The molecule has 2 unspecified atom stereocenters. The molecular weight excluding hydrogens is 574 g/mol. The quantitative estimate of drug-likeness (QED) is 0.124. The highest BCUT2D eigenvalue weighted by atomic mass is 35.5. The van der Waals surface area contributed by atoms with E-state index in [1.165, 1.54) is 58.2 Å². The Kier molecular flexibility index (Phi) is 10.8. The van der Waals surface area contributed by atoms with Crippen LogP contribution in [0.25, 0.3) is 17.2 Å². The molecule has 1 aliphatic carbocycles. The Morgan fingerprint density at radius 3 is 2.53 bits per heavy atom. The predicted octanol–water partition coefficient (Wildman–Crippen LogP) is 9.36. The Morgan fingerprint density at radius 2 is 1.81 bits per heavy atom. The van der Waals surface area contributed by atoms with Crippen molar-refractivity contribution in [1.29, 1.82) is 0 Å². The Bertz CT molecular complexity index is 1490. The molecule has 1 N–H and O–H groups in total. The fraction of sp³-hybridized carbons (Fsp3) is 0.405. The van der Waals surface area contributed by atoms with Crippen molar-refractivity contribution >= 4 is 26.9 Å². The second kappa shape index (κ2) is 14.5. The highest BCUT2D eigenvalue weighted by Crippen LogP contribution is 2.34. The Morgan fingerprint density at radius 1 is 1.05 bits per heavy atom. The third-order valence-corrected chi connectivity index (χ3v) is 9.74. The molecule has 1 heterocycles. The lowest BCUT2D eigenvalue weighted by Gasteiger charge is -2.17. The first-order valence-electron chi connectivity index (χ1n) is 15.6. The van der Waals surface area contributed by atoms with E-state index in [4.69, 9.17) is 16.3 Å². The van der Waals surface area contributed by atoms with Crippen LogP contribution in [0.15, 0.2) is 66.3 Å². The molecule has 0 aromatic heterocycles. The van der Waals surface area contributed by atoms with E-state index in [1.807, 2.05) is 6.07 Å². The van der Waals surface area contributed by atoms with Crippen LogP contribution in [0.2, 0.25) is 5.02 Å². The summed E-state index contributed by atoms with van der Waals surface area (Å²) in [4.78, 5) is 2.20. The number of rotatable bonds is 12. The van der Waals surface area contributed by atoms with Crippen LogP contribution in [0.4, 0.5) is 4.39 Å². The van der Waals surface area contributed by atoms with E-state index >= 15 is 0 Å². The van der Waals surface area contributed by atoms with Gasteiger partial charge in [-0.05, 0) is 110 Å². The number of benzene rings is 3. The van der Waals surface area contributed by atoms with E-state index in [-0.39, 0.29) is 0 Å². The van der Waals surface area contributed by atoms with Gasteiger partial charge in [-0.15, -0.1) is 0 Å². The van der Waals surface area contributed by atoms with E-state index < -0.39 is 5.41 Å². The predicted molar refractivity (Wildman–Crippen MR) is 184 cm³/mol. The molecule has 6 heteroatoms. The Balaban J connectivity index is 1.21. The molecule has 0 radical (unpaired) electrons. The van der Waals surface area contributed by atoms with Crippen molar-refractivity contribution in [2.75, 3.05) is 26.2 Å². The topological polar surface area (TPSA) is 24.5 Å². The molecule has 1 saturated heterocycles. The van der Waals surface area contributed by atoms with Crippen LogP contribution in [0, 0.1) is 20.8 Å². The van der Waals surface area contributed by atoms with Gasteiger partial charge in [0, 0.05) is 32.7 Å². The Labute approximate surface area is 264 Å². The summed E-state index contributed by atoms with van der Waals surface area (Å²) >= 11 is 6.68. The van der Waals surface area contributed by atoms with Crippen molar-refractivity contribution in [3.63, 3.8) is 0 Å². The summed E-state index contributed by atoms with van der Waals surface area (Å²) in [5.41, 5.74) is 11.2. The lowest BCUT2D eigenvalue weighted by atomic mass is 9.91. The zero-order valence-electron chi connectivity index (χ0n) is 25.8. The minimum Gasteiger partial charge on any atom is -0.487 e. The largest absolute Gasteiger partial charge is 0.487 e. The molecule has 2 aliphatic rings. The lowest BCUT2D eigenvalue weighted by molar-refractivity contribution is 0.264. The lowest BCUT2D eigenvalue weighted by Crippen LogP contribution is -2.24. The summed E-state index contributed by atoms with van der Waals surface area (Å²) in [5.74, 6) is 0.719. The summed E-state index contributed by atoms with van der Waals surface area (Å²) in [6, 6.07) is 17.0. The van der Waals surface area contributed by atoms with Crippen molar-refractivity contribution in [2.45, 2.75) is 71.4 Å². The number of hydrogen-bond donors (Lipinski definition) is 1. The van der Waals surface area contributed by atoms with Crippen molar-refractivity contribution < 1.29 is 9.13 Å². The van der Waals surface area contributed by atoms with Crippen molar-refractivity contribution in [2.24, 2.45) is 0 Å². The fourth-order valence-corrected chi connectivity index (χ4v) is 6.58. The normalized spacial score (nSPS) is 18.8. The number of halogens is 2. The first-order chi connectivity index (χ1) is 20.7. The number of likely N-dealkylation sites (tertiary alicyclic amines) is 1. The van der Waals surface area contributed by atoms with Gasteiger partial charge in [0.15, 0.2) is 0 Å². The van der Waals surface area contributed by atoms with Gasteiger partial charge in [0.05, 0.1) is 5.02 Å². The van der Waals surface area contributed by atoms with Crippen molar-refractivity contribution in [1.82, 2.24) is 10.2 Å². The molecule has 2 atom stereocenters. The van der Waals surface area contributed by atoms with Crippen LogP contribution in [0.5, 0.6) is 5.75 Å². The smallest absolute Gasteiger partial charge is 0.138 e. The van der Waals surface area contributed by atoms with E-state index in [2.05, 4.69) is 101 Å². The molecule has 3 aromatic carbocycles. The average molecular weight is 619 g/mol. The van der Waals surface area contributed by atoms with Crippen molar-refractivity contribution in [3.05, 3.63) is 105 Å². The highest BCUT2D eigenvalue weighted by molar-refractivity contribution is 7.18. The summed E-state index contributed by atoms with van der Waals surface area (Å²) in [6.07, 6.45) is 12.1. The third kappa shape index (κ3) is 8.37. The number of nitrogens with zero attached hydrogens (tertiary/aromatic N) is 1. The zero-order valence-corrected chi connectivity index (χ0v) is 27.7. The molecule has 2 fully saturated rings. The number of alkyl halides is 1. The minimum absolute atomic E-state index is 0.454. The molecule has 0 bridgehead atoms. The summed E-state index contributed by atoms with van der Waals surface area (Å²) in [6.45, 7) is 10.8. The summed E-state index contributed by atoms with van der Waals surface area (Å²) in [7, 11) is 2.36. The Hall–Kier alpha value is -2.49. The van der Waals surface area contributed by atoms with Gasteiger partial charge >= 0.3 is 0 Å². The summed E-state index contributed by atoms with van der Waals surface area (Å²) in [5, 5.41) is 3.04. The van der Waals surface area contributed by atoms with Gasteiger partial charge < -0.3 is 10.1 Å². The van der Waals surface area contributed by atoms with Crippen LogP contribution in [-0.2, 0) is 13.2 Å². The summed E-state index contributed by atoms with van der Waals surface area (Å²) < 4.78 is 20.4. The fourth-order valence-electron chi connectivity index (χ4n) is 5.95. The first-order valence-corrected chi connectivity index (χ1v) is 16.5. The van der Waals surface area contributed by atoms with Crippen LogP contribution < -0.4 is 10.1 Å². The number of ether oxygens (including phenoxy) is 1. The molecule has 5 rings (SSSR count). The maximum absolute atomic E-state index is 14.1. The number of allylic oxidation sites excluding steroid dienone is 1. The van der Waals surface area contributed by atoms with Gasteiger partial charge in [-0.2, -0.15) is 0 Å². The molecule has 1 saturated carbocycles. The molecule has 1 aliphatic heterocycles. The second-order valence-corrected chi connectivity index (χ2v) is 13.6. The molecule has 3 nitrogen and oxygen atoms in total. The average Bonchev–Trinajstić information content (AvgIpc) is 3.30. The number of hydrogen-bond acceptors (Lipinski definition) is 3. The number of nitrogens with one attached hydrogen (secondary N) is 1. The van der Waals surface area contributed by atoms with Gasteiger partial charge in [-0.1, -0.05) is 81.0 Å². The molecule has 0 spiro atoms. The monoisotopic (exact) mass is 618 g/mol. The third-order valence-electron chi connectivity index (χ3n) is 8.97. The molecule has 43 heavy (non-hydrogen) atoms. The first kappa shape index (κ1) is 31.9. The molecule has 228 valence electrons. The number of aryl methyl sites for hydroxylation is 1. The van der Waals surface area contributed by atoms with Gasteiger partial charge in [-0.3, -0.25) is 4.90 Å². The van der Waals surface area contributed by atoms with E-state index in [1.54, 1.807) is 5.57 Å². The molecular formula is C37H45ClFN2OP. The second-order valence-electron chi connectivity index (χ2n) is 12.2. The van der Waals surface area contributed by atoms with Crippen molar-refractivity contribution in [3.8, 4) is 16.9 Å². The molecule has 3 aromatic rings. The van der Waals surface area contributed by atoms with E-state index in [0.29, 0.717) is 24.6 Å². The standard InChI is InChI=1S/C37H45ClFN2OP/c1-26-21-36(35(38)22-32(26)23-40-18-16-29-9-6-10-29)42-24-31-13-8-15-34(28(31)3)33-14-7-12-30(27(33)2)11-4-5-19-41-20-17-37(39,43)25-41/h4,7-8,11-16,21-22,40H,5-6,9-10,17-20,23-25,43H2,1-3H3/b11-4+. The van der Waals surface area contributed by atoms with Gasteiger partial charge in [0.1, 0.15) is 17.8 Å².